The van der Waals surface area contributed by atoms with Crippen molar-refractivity contribution in [2.45, 2.75) is 26.7 Å². The van der Waals surface area contributed by atoms with E-state index in [0.29, 0.717) is 0 Å². The molecule has 2 aliphatic rings. The fraction of sp³-hybridized carbons (Fsp3) is 0.889. The van der Waals surface area contributed by atoms with Gasteiger partial charge in [-0.25, -0.2) is 0 Å². The van der Waals surface area contributed by atoms with Crippen molar-refractivity contribution in [2.24, 2.45) is 10.9 Å². The molecule has 1 amide bonds. The zero-order chi connectivity index (χ0) is 18.1. The summed E-state index contributed by atoms with van der Waals surface area (Å²) in [5.41, 5.74) is 0. The van der Waals surface area contributed by atoms with Crippen LogP contribution in [0.15, 0.2) is 4.99 Å². The molecule has 0 aromatic carbocycles. The van der Waals surface area contributed by atoms with Crippen molar-refractivity contribution in [2.75, 3.05) is 72.6 Å². The monoisotopic (exact) mass is 353 g/mol. The van der Waals surface area contributed by atoms with E-state index in [1.165, 1.54) is 12.8 Å². The van der Waals surface area contributed by atoms with Gasteiger partial charge in [0.15, 0.2) is 5.96 Å². The molecule has 2 fully saturated rings. The van der Waals surface area contributed by atoms with E-state index >= 15 is 0 Å². The number of nitrogens with one attached hydrogen (secondary N) is 1. The Balaban J connectivity index is 1.66. The summed E-state index contributed by atoms with van der Waals surface area (Å²) in [4.78, 5) is 22.5. The molecule has 1 N–H and O–H groups in total. The third-order valence-corrected chi connectivity index (χ3v) is 4.81. The SMILES string of the molecule is CCNC(=NCCN1CCN(C(C)=O)CC1)N(C)CCOCC1CC1. The molecule has 25 heavy (non-hydrogen) atoms. The molecule has 0 atom stereocenters. The molecular formula is C18H35N5O2. The Bertz CT molecular complexity index is 431. The van der Waals surface area contributed by atoms with Crippen LogP contribution in [0.5, 0.6) is 0 Å². The summed E-state index contributed by atoms with van der Waals surface area (Å²) in [6, 6.07) is 0. The molecule has 0 aromatic rings. The summed E-state index contributed by atoms with van der Waals surface area (Å²) < 4.78 is 5.72. The Labute approximate surface area is 152 Å². The fourth-order valence-electron chi connectivity index (χ4n) is 2.90. The summed E-state index contributed by atoms with van der Waals surface area (Å²) in [5.74, 6) is 1.94. The first-order valence-corrected chi connectivity index (χ1v) is 9.65. The maximum atomic E-state index is 11.4. The van der Waals surface area contributed by atoms with Crippen molar-refractivity contribution >= 4 is 11.9 Å². The Morgan fingerprint density at radius 3 is 2.60 bits per heavy atom. The van der Waals surface area contributed by atoms with Crippen molar-refractivity contribution in [1.82, 2.24) is 20.0 Å². The van der Waals surface area contributed by atoms with Gasteiger partial charge in [0.25, 0.3) is 0 Å². The van der Waals surface area contributed by atoms with Crippen LogP contribution in [0.4, 0.5) is 0 Å². The topological polar surface area (TPSA) is 60.4 Å². The number of rotatable bonds is 9. The van der Waals surface area contributed by atoms with Gasteiger partial charge >= 0.3 is 0 Å². The van der Waals surface area contributed by atoms with Crippen LogP contribution in [0.1, 0.15) is 26.7 Å². The Hall–Kier alpha value is -1.34. The number of ether oxygens (including phenoxy) is 1. The third-order valence-electron chi connectivity index (χ3n) is 4.81. The summed E-state index contributed by atoms with van der Waals surface area (Å²) in [6.45, 7) is 12.4. The summed E-state index contributed by atoms with van der Waals surface area (Å²) in [6.07, 6.45) is 2.67. The van der Waals surface area contributed by atoms with Crippen molar-refractivity contribution in [3.63, 3.8) is 0 Å². The minimum absolute atomic E-state index is 0.178. The largest absolute Gasteiger partial charge is 0.379 e. The summed E-state index contributed by atoms with van der Waals surface area (Å²) in [5, 5.41) is 3.35. The lowest BCUT2D eigenvalue weighted by Crippen LogP contribution is -2.48. The van der Waals surface area contributed by atoms with Gasteiger partial charge in [0.05, 0.1) is 13.2 Å². The second-order valence-corrected chi connectivity index (χ2v) is 7.02. The minimum atomic E-state index is 0.178. The van der Waals surface area contributed by atoms with E-state index in [1.807, 2.05) is 4.90 Å². The van der Waals surface area contributed by atoms with Crippen LogP contribution < -0.4 is 5.32 Å². The molecule has 144 valence electrons. The average Bonchev–Trinajstić information content (AvgIpc) is 3.42. The number of carbonyl (C=O) groups excluding carboxylic acids is 1. The fourth-order valence-corrected chi connectivity index (χ4v) is 2.90. The first-order valence-electron chi connectivity index (χ1n) is 9.65. The molecule has 7 nitrogen and oxygen atoms in total. The predicted octanol–water partition coefficient (Wildman–Crippen LogP) is 0.474. The molecule has 1 aliphatic carbocycles. The number of aliphatic imine (C=N–C) groups is 1. The molecular weight excluding hydrogens is 318 g/mol. The molecule has 1 aliphatic heterocycles. The Kier molecular flexibility index (Phi) is 8.48. The molecule has 0 radical (unpaired) electrons. The normalized spacial score (nSPS) is 19.2. The van der Waals surface area contributed by atoms with Crippen LogP contribution in [-0.4, -0.2) is 99.2 Å². The van der Waals surface area contributed by atoms with Crippen LogP contribution in [0.25, 0.3) is 0 Å². The van der Waals surface area contributed by atoms with Gasteiger partial charge in [-0.3, -0.25) is 14.7 Å². The standard InChI is InChI=1S/C18H35N5O2/c1-4-19-18(21(3)13-14-25-15-17-5-6-17)20-7-8-22-9-11-23(12-10-22)16(2)24/h17H,4-15H2,1-3H3,(H,19,20). The van der Waals surface area contributed by atoms with E-state index in [2.05, 4.69) is 29.1 Å². The molecule has 0 unspecified atom stereocenters. The summed E-state index contributed by atoms with van der Waals surface area (Å²) in [7, 11) is 2.06. The van der Waals surface area contributed by atoms with Crippen LogP contribution in [0, 0.1) is 5.92 Å². The van der Waals surface area contributed by atoms with Gasteiger partial charge in [-0.2, -0.15) is 0 Å². The number of carbonyl (C=O) groups is 1. The molecule has 7 heteroatoms. The van der Waals surface area contributed by atoms with Crippen LogP contribution in [-0.2, 0) is 9.53 Å². The number of likely N-dealkylation sites (N-methyl/N-ethyl adjacent to an activating group) is 1. The quantitative estimate of drug-likeness (QED) is 0.371. The lowest BCUT2D eigenvalue weighted by molar-refractivity contribution is -0.130. The van der Waals surface area contributed by atoms with Gasteiger partial charge in [-0.05, 0) is 25.7 Å². The predicted molar refractivity (Wildman–Crippen MR) is 101 cm³/mol. The van der Waals surface area contributed by atoms with E-state index in [9.17, 15) is 4.79 Å². The van der Waals surface area contributed by atoms with E-state index in [0.717, 1.165) is 77.4 Å². The van der Waals surface area contributed by atoms with E-state index in [4.69, 9.17) is 9.73 Å². The van der Waals surface area contributed by atoms with Crippen molar-refractivity contribution in [3.05, 3.63) is 0 Å². The van der Waals surface area contributed by atoms with Gasteiger partial charge in [-0.15, -0.1) is 0 Å². The first-order chi connectivity index (χ1) is 12.1. The van der Waals surface area contributed by atoms with Gasteiger partial charge < -0.3 is 19.9 Å². The second kappa shape index (κ2) is 10.6. The lowest BCUT2D eigenvalue weighted by atomic mass is 10.3. The van der Waals surface area contributed by atoms with Crippen LogP contribution in [0.3, 0.4) is 0 Å². The number of piperazine rings is 1. The zero-order valence-corrected chi connectivity index (χ0v) is 16.2. The lowest BCUT2D eigenvalue weighted by Gasteiger charge is -2.33. The third kappa shape index (κ3) is 7.61. The Morgan fingerprint density at radius 2 is 2.00 bits per heavy atom. The van der Waals surface area contributed by atoms with Crippen LogP contribution in [0.2, 0.25) is 0 Å². The minimum Gasteiger partial charge on any atom is -0.379 e. The number of hydrogen-bond donors (Lipinski definition) is 1. The van der Waals surface area contributed by atoms with E-state index < -0.39 is 0 Å². The molecule has 2 rings (SSSR count). The van der Waals surface area contributed by atoms with Gasteiger partial charge in [-0.1, -0.05) is 0 Å². The molecule has 1 heterocycles. The van der Waals surface area contributed by atoms with E-state index in [1.54, 1.807) is 6.92 Å². The molecule has 0 aromatic heterocycles. The van der Waals surface area contributed by atoms with Crippen molar-refractivity contribution < 1.29 is 9.53 Å². The highest BCUT2D eigenvalue weighted by Crippen LogP contribution is 2.28. The van der Waals surface area contributed by atoms with Crippen molar-refractivity contribution in [1.29, 1.82) is 0 Å². The average molecular weight is 354 g/mol. The highest BCUT2D eigenvalue weighted by molar-refractivity contribution is 5.79. The Morgan fingerprint density at radius 1 is 1.28 bits per heavy atom. The van der Waals surface area contributed by atoms with E-state index in [-0.39, 0.29) is 5.91 Å². The highest BCUT2D eigenvalue weighted by Gasteiger charge is 2.21. The zero-order valence-electron chi connectivity index (χ0n) is 16.2. The molecule has 1 saturated carbocycles. The molecule has 0 bridgehead atoms. The maximum absolute atomic E-state index is 11.4. The smallest absolute Gasteiger partial charge is 0.219 e. The highest BCUT2D eigenvalue weighted by atomic mass is 16.5. The van der Waals surface area contributed by atoms with Crippen molar-refractivity contribution in [3.8, 4) is 0 Å². The number of guanidine groups is 1. The van der Waals surface area contributed by atoms with Gasteiger partial charge in [0, 0.05) is 66.4 Å². The van der Waals surface area contributed by atoms with Gasteiger partial charge in [0.1, 0.15) is 0 Å². The molecule has 1 saturated heterocycles. The second-order valence-electron chi connectivity index (χ2n) is 7.02. The maximum Gasteiger partial charge on any atom is 0.219 e. The first kappa shape index (κ1) is 20.0. The summed E-state index contributed by atoms with van der Waals surface area (Å²) >= 11 is 0. The van der Waals surface area contributed by atoms with Crippen LogP contribution >= 0.6 is 0 Å². The number of hydrogen-bond acceptors (Lipinski definition) is 4. The van der Waals surface area contributed by atoms with Gasteiger partial charge in [0.2, 0.25) is 5.91 Å². The number of amides is 1. The molecule has 0 spiro atoms. The number of nitrogens with zero attached hydrogens (tertiary/aromatic N) is 4.